The summed E-state index contributed by atoms with van der Waals surface area (Å²) < 4.78 is 129. The maximum absolute atomic E-state index is 15.6. The molecule has 470 valence electrons. The molecule has 0 spiro atoms. The third kappa shape index (κ3) is 17.9. The largest absolute Gasteiger partial charge is 0.696 e. The number of aromatic nitrogens is 6. The van der Waals surface area contributed by atoms with Crippen LogP contribution in [0.2, 0.25) is 0 Å². The van der Waals surface area contributed by atoms with Crippen molar-refractivity contribution in [1.82, 2.24) is 29.1 Å². The van der Waals surface area contributed by atoms with Crippen LogP contribution in [0.15, 0.2) is 150 Å². The van der Waals surface area contributed by atoms with Crippen molar-refractivity contribution in [3.8, 4) is 34.3 Å². The molecule has 0 saturated heterocycles. The molecule has 0 radical (unpaired) electrons. The fourth-order valence-corrected chi connectivity index (χ4v) is 11.4. The van der Waals surface area contributed by atoms with Gasteiger partial charge in [-0.1, -0.05) is 76.6 Å². The molecular formula is C66H62BrF4N8O10P2+. The third-order valence-corrected chi connectivity index (χ3v) is 17.0. The van der Waals surface area contributed by atoms with Crippen LogP contribution in [-0.2, 0) is 75.8 Å². The second kappa shape index (κ2) is 33.0. The molecule has 0 bridgehead atoms. The molecule has 0 N–H and O–H groups in total. The molecule has 0 atom stereocenters. The van der Waals surface area contributed by atoms with Crippen molar-refractivity contribution in [3.05, 3.63) is 230 Å². The fourth-order valence-electron chi connectivity index (χ4n) is 9.31. The lowest BCUT2D eigenvalue weighted by Gasteiger charge is -2.17. The molecule has 4 aromatic heterocycles. The Morgan fingerprint density at radius 3 is 1.38 bits per heavy atom. The van der Waals surface area contributed by atoms with Crippen LogP contribution in [0.25, 0.3) is 54.3 Å². The lowest BCUT2D eigenvalue weighted by molar-refractivity contribution is 0.187. The Kier molecular flexibility index (Phi) is 24.7. The average Bonchev–Trinajstić information content (AvgIpc) is 1.71. The van der Waals surface area contributed by atoms with Crippen LogP contribution < -0.4 is 14.8 Å². The Balaban J connectivity index is 0.000000217. The quantitative estimate of drug-likeness (QED) is 0.0300. The number of halogens is 5. The molecule has 0 saturated carbocycles. The molecule has 10 rings (SSSR count). The van der Waals surface area contributed by atoms with Crippen molar-refractivity contribution < 1.29 is 63.7 Å². The van der Waals surface area contributed by atoms with Gasteiger partial charge in [-0.05, 0) is 97.8 Å². The number of nitrogens with zero attached hydrogens (tertiary/aromatic N) is 8. The highest BCUT2D eigenvalue weighted by Gasteiger charge is 2.28. The van der Waals surface area contributed by atoms with E-state index in [4.69, 9.17) is 51.1 Å². The summed E-state index contributed by atoms with van der Waals surface area (Å²) in [6, 6.07) is 39.6. The minimum Gasteiger partial charge on any atom is -0.473 e. The molecule has 0 aliphatic carbocycles. The molecule has 0 fully saturated rings. The molecule has 18 nitrogen and oxygen atoms in total. The van der Waals surface area contributed by atoms with Gasteiger partial charge in [0.2, 0.25) is 11.8 Å². The Labute approximate surface area is 532 Å². The lowest BCUT2D eigenvalue weighted by atomic mass is 10.1. The number of ether oxygens (including phenoxy) is 4. The smallest absolute Gasteiger partial charge is 0.473 e. The van der Waals surface area contributed by atoms with Gasteiger partial charge in [0.05, 0.1) is 92.6 Å². The topological polar surface area (TPSA) is 178 Å². The monoisotopic (exact) mass is 1340 g/mol. The van der Waals surface area contributed by atoms with Crippen LogP contribution in [-0.4, -0.2) is 83.9 Å². The molecule has 10 aromatic rings. The van der Waals surface area contributed by atoms with Gasteiger partial charge in [-0.3, -0.25) is 4.57 Å². The first-order valence-electron chi connectivity index (χ1n) is 28.2. The number of fused-ring (bicyclic) bond motifs is 2. The normalized spacial score (nSPS) is 11.1. The lowest BCUT2D eigenvalue weighted by Crippen LogP contribution is -2.13. The van der Waals surface area contributed by atoms with Gasteiger partial charge >= 0.3 is 15.9 Å². The Morgan fingerprint density at radius 2 is 0.978 bits per heavy atom. The molecule has 6 aromatic carbocycles. The summed E-state index contributed by atoms with van der Waals surface area (Å²) in [6.07, 6.45) is 0.513. The van der Waals surface area contributed by atoms with E-state index in [2.05, 4.69) is 49.2 Å². The van der Waals surface area contributed by atoms with E-state index in [1.54, 1.807) is 101 Å². The van der Waals surface area contributed by atoms with Gasteiger partial charge in [0.15, 0.2) is 11.4 Å². The van der Waals surface area contributed by atoms with Crippen molar-refractivity contribution in [1.29, 1.82) is 0 Å². The van der Waals surface area contributed by atoms with Crippen LogP contribution in [0, 0.1) is 36.4 Å². The summed E-state index contributed by atoms with van der Waals surface area (Å²) in [5, 5.41) is 0.422. The van der Waals surface area contributed by atoms with E-state index in [1.165, 1.54) is 56.7 Å². The predicted octanol–water partition coefficient (Wildman–Crippen LogP) is 16.1. The summed E-state index contributed by atoms with van der Waals surface area (Å²) >= 11 is 3.51. The van der Waals surface area contributed by atoms with Crippen molar-refractivity contribution in [2.75, 3.05) is 54.9 Å². The van der Waals surface area contributed by atoms with Gasteiger partial charge < -0.3 is 37.1 Å². The van der Waals surface area contributed by atoms with Gasteiger partial charge in [0, 0.05) is 83.6 Å². The van der Waals surface area contributed by atoms with Crippen LogP contribution >= 0.6 is 31.8 Å². The number of rotatable bonds is 25. The maximum atomic E-state index is 15.6. The van der Waals surface area contributed by atoms with Crippen molar-refractivity contribution in [2.24, 2.45) is 0 Å². The third-order valence-electron chi connectivity index (χ3n) is 13.8. The number of pyridine rings is 2. The van der Waals surface area contributed by atoms with E-state index in [-0.39, 0.29) is 61.8 Å². The predicted molar refractivity (Wildman–Crippen MR) is 342 cm³/mol. The second-order valence-electron chi connectivity index (χ2n) is 19.6. The SMILES string of the molecule is CO[P+](=O)OC.[C-]#[N+]c1ccc(COc2cccc(-c3ccc(Cc4nc5ccc(Br)cc5n4CCOC)c(F)c3)n2)c(F)c1.[C-]#[N+]c1ccc(COc2cccc(-c3ccc(Cc4nc5ccc(P(=O)(OCC)OCC)cc5n4CCOC)c(F)c3)n2)c(F)c1. The van der Waals surface area contributed by atoms with Crippen LogP contribution in [0.1, 0.15) is 47.8 Å². The molecule has 0 aliphatic rings. The zero-order chi connectivity index (χ0) is 65.0. The van der Waals surface area contributed by atoms with Crippen molar-refractivity contribution >= 4 is 70.5 Å². The molecule has 0 aliphatic heterocycles. The summed E-state index contributed by atoms with van der Waals surface area (Å²) in [7, 11) is 0.537. The van der Waals surface area contributed by atoms with E-state index < -0.39 is 33.3 Å². The zero-order valence-electron chi connectivity index (χ0n) is 50.4. The number of methoxy groups -OCH3 is 2. The van der Waals surface area contributed by atoms with Gasteiger partial charge in [-0.2, -0.15) is 0 Å². The average molecular weight is 1350 g/mol. The number of hydrogen-bond acceptors (Lipinski definition) is 14. The molecule has 91 heavy (non-hydrogen) atoms. The van der Waals surface area contributed by atoms with E-state index in [0.717, 1.165) is 27.4 Å². The van der Waals surface area contributed by atoms with Crippen LogP contribution in [0.4, 0.5) is 28.9 Å². The van der Waals surface area contributed by atoms with Crippen LogP contribution in [0.5, 0.6) is 11.8 Å². The first-order valence-corrected chi connectivity index (χ1v) is 31.6. The van der Waals surface area contributed by atoms with Gasteiger partial charge in [-0.25, -0.2) is 47.2 Å². The van der Waals surface area contributed by atoms with Crippen LogP contribution in [0.3, 0.4) is 0 Å². The molecule has 0 unspecified atom stereocenters. The Hall–Kier alpha value is -8.57. The van der Waals surface area contributed by atoms with E-state index in [9.17, 15) is 17.9 Å². The van der Waals surface area contributed by atoms with Gasteiger partial charge in [0.1, 0.15) is 48.1 Å². The summed E-state index contributed by atoms with van der Waals surface area (Å²) in [4.78, 5) is 24.9. The minimum atomic E-state index is -3.52. The Bertz CT molecular complexity index is 4320. The summed E-state index contributed by atoms with van der Waals surface area (Å²) in [6.45, 7) is 19.8. The van der Waals surface area contributed by atoms with E-state index in [0.29, 0.717) is 99.7 Å². The number of hydrogen-bond donors (Lipinski definition) is 0. The highest BCUT2D eigenvalue weighted by Crippen LogP contribution is 2.47. The highest BCUT2D eigenvalue weighted by atomic mass is 79.9. The molecular weight excluding hydrogens is 1280 g/mol. The molecule has 4 heterocycles. The van der Waals surface area contributed by atoms with Gasteiger partial charge in [-0.15, -0.1) is 9.05 Å². The van der Waals surface area contributed by atoms with E-state index >= 15 is 8.78 Å². The highest BCUT2D eigenvalue weighted by molar-refractivity contribution is 9.10. The second-order valence-corrected chi connectivity index (χ2v) is 23.7. The number of imidazole rings is 2. The van der Waals surface area contributed by atoms with E-state index in [1.807, 2.05) is 28.8 Å². The van der Waals surface area contributed by atoms with Gasteiger partial charge in [0.25, 0.3) is 0 Å². The van der Waals surface area contributed by atoms with Crippen molar-refractivity contribution in [3.63, 3.8) is 0 Å². The maximum Gasteiger partial charge on any atom is 0.696 e. The molecule has 0 amide bonds. The first-order chi connectivity index (χ1) is 44.0. The standard InChI is InChI=1S/C34H33F2N4O5P.C30H23BrF2N4O2.C2H6O3P/c1-5-44-46(41,45-6-2)27-14-15-31-32(21-27)40(16-17-42-4)33(38-31)19-23-10-11-24(18-28(23)35)30-8-7-9-34(39-30)43-22-25-12-13-26(37-3)20-29(25)36;1-34-23-10-8-21(25(33)17-23)18-39-30-5-3-4-26(36-30)20-7-6-19(24(32)14-20)15-29-35-27-11-9-22(31)16-28(27)37(29)12-13-38-2;1-4-6(3)5-2/h7-15,18,20-21H,5-6,16-17,19,22H2,1-2,4H3;3-11,14,16-17H,12-13,15,18H2,2H3;1-2H3/q;;+1. The first kappa shape index (κ1) is 68.3. The Morgan fingerprint density at radius 1 is 0.538 bits per heavy atom. The summed E-state index contributed by atoms with van der Waals surface area (Å²) in [5.74, 6) is 0.0459. The van der Waals surface area contributed by atoms with Crippen molar-refractivity contribution in [2.45, 2.75) is 53.0 Å². The minimum absolute atomic E-state index is 0.0471. The summed E-state index contributed by atoms with van der Waals surface area (Å²) in [5.41, 5.74) is 7.29. The number of benzene rings is 6. The fraction of sp³-hybridized carbons (Fsp3) is 0.242. The molecule has 25 heteroatoms. The zero-order valence-corrected chi connectivity index (χ0v) is 53.7.